The zero-order valence-corrected chi connectivity index (χ0v) is 10.2. The maximum atomic E-state index is 6.01. The Bertz CT molecular complexity index is 362. The van der Waals surface area contributed by atoms with E-state index in [1.807, 2.05) is 6.07 Å². The standard InChI is InChI=1S/C13H21N3O/c14-10-11-1-2-12(13(15)9-11)3-4-16-5-7-17-8-6-16/h1-2,9H,3-8,10,14-15H2. The predicted molar refractivity (Wildman–Crippen MR) is 69.7 cm³/mol. The van der Waals surface area contributed by atoms with Crippen LogP contribution in [0.1, 0.15) is 11.1 Å². The Morgan fingerprint density at radius 2 is 2.00 bits per heavy atom. The summed E-state index contributed by atoms with van der Waals surface area (Å²) < 4.78 is 5.33. The molecule has 1 aliphatic rings. The molecule has 1 aromatic rings. The molecule has 4 heteroatoms. The normalized spacial score (nSPS) is 17.2. The molecule has 17 heavy (non-hydrogen) atoms. The van der Waals surface area contributed by atoms with Crippen molar-refractivity contribution >= 4 is 5.69 Å². The molecule has 94 valence electrons. The first-order valence-corrected chi connectivity index (χ1v) is 6.17. The van der Waals surface area contributed by atoms with E-state index < -0.39 is 0 Å². The Morgan fingerprint density at radius 3 is 2.65 bits per heavy atom. The van der Waals surface area contributed by atoms with E-state index in [0.29, 0.717) is 6.54 Å². The first-order valence-electron chi connectivity index (χ1n) is 6.17. The van der Waals surface area contributed by atoms with Gasteiger partial charge in [0, 0.05) is 31.9 Å². The Balaban J connectivity index is 1.89. The summed E-state index contributed by atoms with van der Waals surface area (Å²) >= 11 is 0. The molecule has 2 rings (SSSR count). The van der Waals surface area contributed by atoms with Gasteiger partial charge in [-0.1, -0.05) is 12.1 Å². The third-order valence-electron chi connectivity index (χ3n) is 3.25. The van der Waals surface area contributed by atoms with Crippen LogP contribution in [0.4, 0.5) is 5.69 Å². The van der Waals surface area contributed by atoms with Crippen LogP contribution in [-0.2, 0) is 17.7 Å². The van der Waals surface area contributed by atoms with Crippen LogP contribution in [0.3, 0.4) is 0 Å². The van der Waals surface area contributed by atoms with E-state index in [2.05, 4.69) is 17.0 Å². The van der Waals surface area contributed by atoms with Crippen molar-refractivity contribution in [3.8, 4) is 0 Å². The molecule has 1 heterocycles. The number of nitrogens with two attached hydrogens (primary N) is 2. The minimum absolute atomic E-state index is 0.550. The van der Waals surface area contributed by atoms with Gasteiger partial charge in [0.1, 0.15) is 0 Å². The summed E-state index contributed by atoms with van der Waals surface area (Å²) in [7, 11) is 0. The maximum absolute atomic E-state index is 6.01. The molecule has 0 aromatic heterocycles. The zero-order valence-electron chi connectivity index (χ0n) is 10.2. The molecule has 0 aliphatic carbocycles. The van der Waals surface area contributed by atoms with Gasteiger partial charge in [-0.15, -0.1) is 0 Å². The molecule has 0 radical (unpaired) electrons. The molecule has 0 amide bonds. The summed E-state index contributed by atoms with van der Waals surface area (Å²) in [5.41, 5.74) is 14.8. The van der Waals surface area contributed by atoms with Gasteiger partial charge in [0.25, 0.3) is 0 Å². The first-order chi connectivity index (χ1) is 8.29. The maximum Gasteiger partial charge on any atom is 0.0594 e. The Morgan fingerprint density at radius 1 is 1.24 bits per heavy atom. The van der Waals surface area contributed by atoms with Crippen LogP contribution in [-0.4, -0.2) is 37.7 Å². The van der Waals surface area contributed by atoms with E-state index in [-0.39, 0.29) is 0 Å². The van der Waals surface area contributed by atoms with E-state index in [0.717, 1.165) is 50.5 Å². The topological polar surface area (TPSA) is 64.5 Å². The van der Waals surface area contributed by atoms with Crippen molar-refractivity contribution in [2.24, 2.45) is 5.73 Å². The van der Waals surface area contributed by atoms with Crippen LogP contribution in [0.25, 0.3) is 0 Å². The monoisotopic (exact) mass is 235 g/mol. The lowest BCUT2D eigenvalue weighted by Gasteiger charge is -2.26. The van der Waals surface area contributed by atoms with Crippen molar-refractivity contribution in [1.29, 1.82) is 0 Å². The van der Waals surface area contributed by atoms with Crippen molar-refractivity contribution in [2.75, 3.05) is 38.6 Å². The molecule has 0 saturated carbocycles. The summed E-state index contributed by atoms with van der Waals surface area (Å²) in [6.07, 6.45) is 0.997. The van der Waals surface area contributed by atoms with Crippen LogP contribution in [0.2, 0.25) is 0 Å². The van der Waals surface area contributed by atoms with Gasteiger partial charge in [0.15, 0.2) is 0 Å². The van der Waals surface area contributed by atoms with Gasteiger partial charge in [-0.25, -0.2) is 0 Å². The summed E-state index contributed by atoms with van der Waals surface area (Å²) in [5, 5.41) is 0. The number of rotatable bonds is 4. The van der Waals surface area contributed by atoms with E-state index in [9.17, 15) is 0 Å². The second-order valence-electron chi connectivity index (χ2n) is 4.44. The Labute approximate surface area is 103 Å². The second-order valence-corrected chi connectivity index (χ2v) is 4.44. The number of hydrogen-bond acceptors (Lipinski definition) is 4. The minimum atomic E-state index is 0.550. The lowest BCUT2D eigenvalue weighted by atomic mass is 10.1. The molecule has 1 aliphatic heterocycles. The van der Waals surface area contributed by atoms with Crippen molar-refractivity contribution in [1.82, 2.24) is 4.90 Å². The van der Waals surface area contributed by atoms with E-state index in [4.69, 9.17) is 16.2 Å². The highest BCUT2D eigenvalue weighted by Gasteiger charge is 2.10. The van der Waals surface area contributed by atoms with E-state index in [1.54, 1.807) is 0 Å². The quantitative estimate of drug-likeness (QED) is 0.750. The smallest absolute Gasteiger partial charge is 0.0594 e. The summed E-state index contributed by atoms with van der Waals surface area (Å²) in [6, 6.07) is 6.14. The van der Waals surface area contributed by atoms with Crippen molar-refractivity contribution in [3.63, 3.8) is 0 Å². The van der Waals surface area contributed by atoms with Crippen LogP contribution < -0.4 is 11.5 Å². The first kappa shape index (κ1) is 12.4. The molecule has 0 bridgehead atoms. The lowest BCUT2D eigenvalue weighted by Crippen LogP contribution is -2.37. The van der Waals surface area contributed by atoms with E-state index in [1.165, 1.54) is 5.56 Å². The number of ether oxygens (including phenoxy) is 1. The molecular formula is C13H21N3O. The average Bonchev–Trinajstić information content (AvgIpc) is 2.38. The molecule has 0 atom stereocenters. The number of anilines is 1. The van der Waals surface area contributed by atoms with Crippen LogP contribution in [0.5, 0.6) is 0 Å². The fourth-order valence-electron chi connectivity index (χ4n) is 2.10. The van der Waals surface area contributed by atoms with Crippen molar-refractivity contribution in [2.45, 2.75) is 13.0 Å². The van der Waals surface area contributed by atoms with Gasteiger partial charge >= 0.3 is 0 Å². The third kappa shape index (κ3) is 3.43. The lowest BCUT2D eigenvalue weighted by molar-refractivity contribution is 0.0384. The van der Waals surface area contributed by atoms with Gasteiger partial charge in [-0.05, 0) is 23.6 Å². The molecule has 1 saturated heterocycles. The number of hydrogen-bond donors (Lipinski definition) is 2. The highest BCUT2D eigenvalue weighted by Crippen LogP contribution is 2.15. The highest BCUT2D eigenvalue weighted by atomic mass is 16.5. The van der Waals surface area contributed by atoms with Crippen LogP contribution >= 0.6 is 0 Å². The van der Waals surface area contributed by atoms with Crippen molar-refractivity contribution < 1.29 is 4.74 Å². The minimum Gasteiger partial charge on any atom is -0.398 e. The van der Waals surface area contributed by atoms with Crippen LogP contribution in [0, 0.1) is 0 Å². The number of morpholine rings is 1. The number of nitrogen functional groups attached to an aromatic ring is 1. The van der Waals surface area contributed by atoms with Gasteiger partial charge < -0.3 is 16.2 Å². The van der Waals surface area contributed by atoms with Gasteiger partial charge in [0.05, 0.1) is 13.2 Å². The Kier molecular flexibility index (Phi) is 4.36. The SMILES string of the molecule is NCc1ccc(CCN2CCOCC2)c(N)c1. The molecule has 1 fully saturated rings. The fourth-order valence-corrected chi connectivity index (χ4v) is 2.10. The van der Waals surface area contributed by atoms with Gasteiger partial charge in [0.2, 0.25) is 0 Å². The summed E-state index contributed by atoms with van der Waals surface area (Å²) in [4.78, 5) is 2.42. The third-order valence-corrected chi connectivity index (χ3v) is 3.25. The predicted octanol–water partition coefficient (Wildman–Crippen LogP) is 0.602. The second kappa shape index (κ2) is 6.00. The average molecular weight is 235 g/mol. The zero-order chi connectivity index (χ0) is 12.1. The van der Waals surface area contributed by atoms with E-state index >= 15 is 0 Å². The number of benzene rings is 1. The number of nitrogens with zero attached hydrogens (tertiary/aromatic N) is 1. The molecule has 0 spiro atoms. The molecule has 4 nitrogen and oxygen atoms in total. The van der Waals surface area contributed by atoms with Gasteiger partial charge in [-0.3, -0.25) is 4.90 Å². The van der Waals surface area contributed by atoms with Crippen LogP contribution in [0.15, 0.2) is 18.2 Å². The largest absolute Gasteiger partial charge is 0.398 e. The molecule has 4 N–H and O–H groups in total. The fraction of sp³-hybridized carbons (Fsp3) is 0.538. The summed E-state index contributed by atoms with van der Waals surface area (Å²) in [6.45, 7) is 5.36. The Hall–Kier alpha value is -1.10. The van der Waals surface area contributed by atoms with Gasteiger partial charge in [-0.2, -0.15) is 0 Å². The summed E-state index contributed by atoms with van der Waals surface area (Å²) in [5.74, 6) is 0. The van der Waals surface area contributed by atoms with Crippen molar-refractivity contribution in [3.05, 3.63) is 29.3 Å². The highest BCUT2D eigenvalue weighted by molar-refractivity contribution is 5.49. The molecule has 0 unspecified atom stereocenters. The molecule has 1 aromatic carbocycles. The molecular weight excluding hydrogens is 214 g/mol.